The molecule has 0 unspecified atom stereocenters. The first-order valence-electron chi connectivity index (χ1n) is 5.56. The minimum absolute atomic E-state index is 0.0132. The fourth-order valence-electron chi connectivity index (χ4n) is 1.37. The van der Waals surface area contributed by atoms with Crippen LogP contribution in [0.25, 0.3) is 0 Å². The van der Waals surface area contributed by atoms with E-state index in [1.165, 1.54) is 6.20 Å². The van der Waals surface area contributed by atoms with Gasteiger partial charge in [0.25, 0.3) is 0 Å². The van der Waals surface area contributed by atoms with E-state index >= 15 is 0 Å². The molecular formula is C11H18N2O4S. The Morgan fingerprint density at radius 1 is 1.44 bits per heavy atom. The second-order valence-electron chi connectivity index (χ2n) is 4.84. The Kier molecular flexibility index (Phi) is 4.66. The molecule has 0 aromatic carbocycles. The smallest absolute Gasteiger partial charge is 0.245 e. The predicted octanol–water partition coefficient (Wildman–Crippen LogP) is 0.0618. The van der Waals surface area contributed by atoms with Gasteiger partial charge >= 0.3 is 0 Å². The van der Waals surface area contributed by atoms with Crippen LogP contribution in [-0.4, -0.2) is 31.7 Å². The van der Waals surface area contributed by atoms with Gasteiger partial charge < -0.3 is 10.1 Å². The van der Waals surface area contributed by atoms with Crippen molar-refractivity contribution in [1.82, 2.24) is 9.71 Å². The van der Waals surface area contributed by atoms with Crippen molar-refractivity contribution in [2.24, 2.45) is 5.41 Å². The summed E-state index contributed by atoms with van der Waals surface area (Å²) in [7, 11) is -3.82. The van der Waals surface area contributed by atoms with Gasteiger partial charge in [0, 0.05) is 31.6 Å². The summed E-state index contributed by atoms with van der Waals surface area (Å²) in [5.41, 5.74) is -0.926. The standard InChI is InChI=1S/C11H18N2O4S/c1-11(2,4-6-14)8-13-18(16,17)10-7-12-5-3-9(10)15/h3,5,7,13-14H,4,6,8H2,1-2H3,(H,12,15). The third-order valence-corrected chi connectivity index (χ3v) is 4.03. The fourth-order valence-corrected chi connectivity index (χ4v) is 2.66. The van der Waals surface area contributed by atoms with Gasteiger partial charge in [-0.25, -0.2) is 13.1 Å². The second-order valence-corrected chi connectivity index (χ2v) is 6.57. The highest BCUT2D eigenvalue weighted by atomic mass is 32.2. The number of aliphatic hydroxyl groups is 1. The number of aromatic amines is 1. The molecule has 0 saturated carbocycles. The van der Waals surface area contributed by atoms with E-state index in [1.807, 2.05) is 13.8 Å². The number of aliphatic hydroxyl groups excluding tert-OH is 1. The van der Waals surface area contributed by atoms with Crippen LogP contribution in [0.2, 0.25) is 0 Å². The number of sulfonamides is 1. The maximum Gasteiger partial charge on any atom is 0.245 e. The summed E-state index contributed by atoms with van der Waals surface area (Å²) in [6, 6.07) is 1.16. The quantitative estimate of drug-likeness (QED) is 0.683. The summed E-state index contributed by atoms with van der Waals surface area (Å²) in [4.78, 5) is 13.7. The van der Waals surface area contributed by atoms with E-state index in [0.29, 0.717) is 6.42 Å². The normalized spacial score (nSPS) is 12.6. The molecule has 0 fully saturated rings. The van der Waals surface area contributed by atoms with E-state index in [2.05, 4.69) is 9.71 Å². The molecule has 0 spiro atoms. The average molecular weight is 274 g/mol. The largest absolute Gasteiger partial charge is 0.396 e. The maximum atomic E-state index is 11.9. The lowest BCUT2D eigenvalue weighted by atomic mass is 9.90. The Bertz CT molecular complexity index is 548. The van der Waals surface area contributed by atoms with Crippen LogP contribution in [0.3, 0.4) is 0 Å². The van der Waals surface area contributed by atoms with Gasteiger partial charge in [0.05, 0.1) is 0 Å². The summed E-state index contributed by atoms with van der Waals surface area (Å²) in [5, 5.41) is 8.86. The molecule has 0 aliphatic carbocycles. The molecule has 0 bridgehead atoms. The van der Waals surface area contributed by atoms with Crippen molar-refractivity contribution in [2.45, 2.75) is 25.2 Å². The lowest BCUT2D eigenvalue weighted by molar-refractivity contribution is 0.213. The fraction of sp³-hybridized carbons (Fsp3) is 0.545. The Labute approximate surface area is 106 Å². The molecule has 0 amide bonds. The van der Waals surface area contributed by atoms with Crippen molar-refractivity contribution in [3.63, 3.8) is 0 Å². The first-order chi connectivity index (χ1) is 8.28. The van der Waals surface area contributed by atoms with Crippen molar-refractivity contribution in [1.29, 1.82) is 0 Å². The lowest BCUT2D eigenvalue weighted by Gasteiger charge is -2.23. The van der Waals surface area contributed by atoms with Crippen molar-refractivity contribution in [3.8, 4) is 0 Å². The molecule has 1 heterocycles. The number of nitrogens with one attached hydrogen (secondary N) is 2. The number of hydrogen-bond acceptors (Lipinski definition) is 4. The van der Waals surface area contributed by atoms with E-state index in [0.717, 1.165) is 12.3 Å². The van der Waals surface area contributed by atoms with Crippen LogP contribution in [0, 0.1) is 5.41 Å². The second kappa shape index (κ2) is 5.64. The molecule has 102 valence electrons. The number of H-pyrrole nitrogens is 1. The number of rotatable bonds is 6. The molecule has 0 saturated heterocycles. The zero-order valence-electron chi connectivity index (χ0n) is 10.4. The molecule has 1 rings (SSSR count). The summed E-state index contributed by atoms with van der Waals surface area (Å²) in [6.45, 7) is 3.81. The molecule has 0 aliphatic heterocycles. The minimum atomic E-state index is -3.82. The number of pyridine rings is 1. The highest BCUT2D eigenvalue weighted by Gasteiger charge is 2.23. The predicted molar refractivity (Wildman–Crippen MR) is 67.7 cm³/mol. The van der Waals surface area contributed by atoms with Crippen molar-refractivity contribution >= 4 is 10.0 Å². The number of hydrogen-bond donors (Lipinski definition) is 3. The Balaban J connectivity index is 2.85. The first-order valence-corrected chi connectivity index (χ1v) is 7.04. The molecule has 6 nitrogen and oxygen atoms in total. The summed E-state index contributed by atoms with van der Waals surface area (Å²) in [6.07, 6.45) is 3.00. The maximum absolute atomic E-state index is 11.9. The van der Waals surface area contributed by atoms with Crippen LogP contribution in [0.15, 0.2) is 28.2 Å². The molecular weight excluding hydrogens is 256 g/mol. The SMILES string of the molecule is CC(C)(CCO)CNS(=O)(=O)c1c[nH]ccc1=O. The molecule has 3 N–H and O–H groups in total. The van der Waals surface area contributed by atoms with Crippen LogP contribution in [0.5, 0.6) is 0 Å². The summed E-state index contributed by atoms with van der Waals surface area (Å²) < 4.78 is 26.2. The topological polar surface area (TPSA) is 99.3 Å². The monoisotopic (exact) mass is 274 g/mol. The Morgan fingerprint density at radius 3 is 2.67 bits per heavy atom. The Hall–Kier alpha value is -1.18. The van der Waals surface area contributed by atoms with Gasteiger partial charge in [-0.1, -0.05) is 13.8 Å². The van der Waals surface area contributed by atoms with Crippen LogP contribution in [0.4, 0.5) is 0 Å². The van der Waals surface area contributed by atoms with Crippen molar-refractivity contribution < 1.29 is 13.5 Å². The summed E-state index contributed by atoms with van der Waals surface area (Å²) in [5.74, 6) is 0. The van der Waals surface area contributed by atoms with Crippen LogP contribution in [0.1, 0.15) is 20.3 Å². The minimum Gasteiger partial charge on any atom is -0.396 e. The molecule has 0 aliphatic rings. The van der Waals surface area contributed by atoms with E-state index in [1.54, 1.807) is 0 Å². The van der Waals surface area contributed by atoms with Gasteiger partial charge in [0.15, 0.2) is 0 Å². The number of aromatic nitrogens is 1. The molecule has 7 heteroatoms. The highest BCUT2D eigenvalue weighted by Crippen LogP contribution is 2.18. The molecule has 18 heavy (non-hydrogen) atoms. The van der Waals surface area contributed by atoms with Crippen LogP contribution >= 0.6 is 0 Å². The highest BCUT2D eigenvalue weighted by molar-refractivity contribution is 7.89. The van der Waals surface area contributed by atoms with Gasteiger partial charge in [-0.05, 0) is 11.8 Å². The average Bonchev–Trinajstić information content (AvgIpc) is 2.27. The Morgan fingerprint density at radius 2 is 2.11 bits per heavy atom. The molecule has 0 radical (unpaired) electrons. The third-order valence-electron chi connectivity index (χ3n) is 2.61. The van der Waals surface area contributed by atoms with Gasteiger partial charge in [-0.3, -0.25) is 4.79 Å². The lowest BCUT2D eigenvalue weighted by Crippen LogP contribution is -2.36. The molecule has 1 aromatic heterocycles. The third kappa shape index (κ3) is 3.94. The van der Waals surface area contributed by atoms with Crippen LogP contribution in [-0.2, 0) is 10.0 Å². The zero-order chi connectivity index (χ0) is 13.8. The van der Waals surface area contributed by atoms with Gasteiger partial charge in [0.2, 0.25) is 15.5 Å². The molecule has 1 aromatic rings. The summed E-state index contributed by atoms with van der Waals surface area (Å²) >= 11 is 0. The van der Waals surface area contributed by atoms with E-state index in [-0.39, 0.29) is 23.5 Å². The van der Waals surface area contributed by atoms with Gasteiger partial charge in [-0.15, -0.1) is 0 Å². The van der Waals surface area contributed by atoms with Crippen molar-refractivity contribution in [2.75, 3.05) is 13.2 Å². The van der Waals surface area contributed by atoms with Gasteiger partial charge in [0.1, 0.15) is 4.90 Å². The first kappa shape index (κ1) is 14.9. The van der Waals surface area contributed by atoms with E-state index in [9.17, 15) is 13.2 Å². The van der Waals surface area contributed by atoms with Crippen molar-refractivity contribution in [3.05, 3.63) is 28.7 Å². The van der Waals surface area contributed by atoms with Crippen LogP contribution < -0.4 is 10.2 Å². The molecule has 0 atom stereocenters. The van der Waals surface area contributed by atoms with E-state index < -0.39 is 15.5 Å². The zero-order valence-corrected chi connectivity index (χ0v) is 11.3. The van der Waals surface area contributed by atoms with E-state index in [4.69, 9.17) is 5.11 Å². The van der Waals surface area contributed by atoms with Gasteiger partial charge in [-0.2, -0.15) is 0 Å².